The SMILES string of the molecule is CC(C)(c1ccc(OC=CC(=O)O)cc1)c1ccc(OC=CC(=O)O)cc1. The van der Waals surface area contributed by atoms with Gasteiger partial charge in [-0.2, -0.15) is 0 Å². The van der Waals surface area contributed by atoms with Crippen molar-refractivity contribution in [1.29, 1.82) is 0 Å². The molecule has 0 saturated heterocycles. The Balaban J connectivity index is 2.10. The Hall–Kier alpha value is -3.54. The Morgan fingerprint density at radius 2 is 1.07 bits per heavy atom. The molecule has 0 aliphatic carbocycles. The first kappa shape index (κ1) is 19.8. The molecule has 0 aliphatic rings. The number of ether oxygens (including phenoxy) is 2. The van der Waals surface area contributed by atoms with E-state index in [-0.39, 0.29) is 5.41 Å². The molecule has 2 aromatic rings. The molecular weight excluding hydrogens is 348 g/mol. The summed E-state index contributed by atoms with van der Waals surface area (Å²) in [6, 6.07) is 14.8. The van der Waals surface area contributed by atoms with Gasteiger partial charge >= 0.3 is 11.9 Å². The topological polar surface area (TPSA) is 93.1 Å². The van der Waals surface area contributed by atoms with Gasteiger partial charge in [0.1, 0.15) is 11.5 Å². The van der Waals surface area contributed by atoms with Crippen LogP contribution in [-0.4, -0.2) is 22.2 Å². The summed E-state index contributed by atoms with van der Waals surface area (Å²) in [5, 5.41) is 17.1. The van der Waals surface area contributed by atoms with Gasteiger partial charge in [0.05, 0.1) is 24.7 Å². The molecule has 2 aromatic carbocycles. The number of aliphatic carboxylic acids is 2. The van der Waals surface area contributed by atoms with Gasteiger partial charge in [-0.1, -0.05) is 38.1 Å². The highest BCUT2D eigenvalue weighted by atomic mass is 16.5. The van der Waals surface area contributed by atoms with E-state index in [1.54, 1.807) is 24.3 Å². The monoisotopic (exact) mass is 368 g/mol. The van der Waals surface area contributed by atoms with Crippen molar-refractivity contribution in [2.24, 2.45) is 0 Å². The van der Waals surface area contributed by atoms with Gasteiger partial charge in [-0.3, -0.25) is 0 Å². The zero-order chi connectivity index (χ0) is 19.9. The molecule has 6 heteroatoms. The van der Waals surface area contributed by atoms with E-state index >= 15 is 0 Å². The third-order valence-corrected chi connectivity index (χ3v) is 3.98. The molecule has 0 fully saturated rings. The predicted molar refractivity (Wildman–Crippen MR) is 99.8 cm³/mol. The minimum absolute atomic E-state index is 0.287. The number of hydrogen-bond acceptors (Lipinski definition) is 4. The zero-order valence-electron chi connectivity index (χ0n) is 15.0. The van der Waals surface area contributed by atoms with Crippen molar-refractivity contribution < 1.29 is 29.3 Å². The Kier molecular flexibility index (Phi) is 6.38. The molecule has 6 nitrogen and oxygen atoms in total. The molecule has 0 bridgehead atoms. The number of carbonyl (C=O) groups is 2. The smallest absolute Gasteiger partial charge is 0.331 e. The fourth-order valence-electron chi connectivity index (χ4n) is 2.41. The maximum absolute atomic E-state index is 10.4. The Labute approximate surface area is 157 Å². The Morgan fingerprint density at radius 1 is 0.741 bits per heavy atom. The maximum Gasteiger partial charge on any atom is 0.331 e. The summed E-state index contributed by atoms with van der Waals surface area (Å²) in [6.07, 6.45) is 4.10. The van der Waals surface area contributed by atoms with Gasteiger partial charge in [0.2, 0.25) is 0 Å². The highest BCUT2D eigenvalue weighted by Crippen LogP contribution is 2.33. The molecule has 0 radical (unpaired) electrons. The van der Waals surface area contributed by atoms with Crippen molar-refractivity contribution in [1.82, 2.24) is 0 Å². The third-order valence-electron chi connectivity index (χ3n) is 3.98. The van der Waals surface area contributed by atoms with Crippen LogP contribution in [0.4, 0.5) is 0 Å². The van der Waals surface area contributed by atoms with E-state index in [1.165, 1.54) is 0 Å². The van der Waals surface area contributed by atoms with Gasteiger partial charge in [-0.25, -0.2) is 9.59 Å². The van der Waals surface area contributed by atoms with Crippen LogP contribution in [0, 0.1) is 0 Å². The van der Waals surface area contributed by atoms with Crippen molar-refractivity contribution in [2.75, 3.05) is 0 Å². The first-order chi connectivity index (χ1) is 12.8. The summed E-state index contributed by atoms with van der Waals surface area (Å²) in [5.74, 6) is -1.06. The van der Waals surface area contributed by atoms with Crippen LogP contribution in [0.5, 0.6) is 11.5 Å². The normalized spacial score (nSPS) is 11.6. The van der Waals surface area contributed by atoms with E-state index < -0.39 is 11.9 Å². The number of benzene rings is 2. The lowest BCUT2D eigenvalue weighted by molar-refractivity contribution is -0.132. The minimum Gasteiger partial charge on any atom is -0.478 e. The van der Waals surface area contributed by atoms with Gasteiger partial charge in [-0.05, 0) is 35.4 Å². The molecule has 0 spiro atoms. The van der Waals surface area contributed by atoms with Crippen molar-refractivity contribution >= 4 is 11.9 Å². The molecule has 0 amide bonds. The molecule has 0 atom stereocenters. The van der Waals surface area contributed by atoms with E-state index in [0.29, 0.717) is 11.5 Å². The number of carboxylic acids is 2. The van der Waals surface area contributed by atoms with E-state index in [1.807, 2.05) is 24.3 Å². The minimum atomic E-state index is -1.07. The molecule has 0 aromatic heterocycles. The van der Waals surface area contributed by atoms with Crippen LogP contribution >= 0.6 is 0 Å². The van der Waals surface area contributed by atoms with E-state index in [4.69, 9.17) is 19.7 Å². The summed E-state index contributed by atoms with van der Waals surface area (Å²) in [6.45, 7) is 4.15. The fourth-order valence-corrected chi connectivity index (χ4v) is 2.41. The molecule has 0 aliphatic heterocycles. The predicted octanol–water partition coefficient (Wildman–Crippen LogP) is 3.97. The van der Waals surface area contributed by atoms with Crippen LogP contribution in [0.1, 0.15) is 25.0 Å². The Bertz CT molecular complexity index is 774. The molecule has 140 valence electrons. The van der Waals surface area contributed by atoms with E-state index in [9.17, 15) is 9.59 Å². The zero-order valence-corrected chi connectivity index (χ0v) is 15.0. The standard InChI is InChI=1S/C21H20O6/c1-21(2,15-3-7-17(8-4-15)26-13-11-19(22)23)16-5-9-18(10-6-16)27-14-12-20(24)25/h3-14H,1-2H3,(H,22,23)(H,24,25). The quantitative estimate of drug-likeness (QED) is 0.541. The van der Waals surface area contributed by atoms with E-state index in [0.717, 1.165) is 35.8 Å². The summed E-state index contributed by atoms with van der Waals surface area (Å²) in [5.41, 5.74) is 1.82. The number of hydrogen-bond donors (Lipinski definition) is 2. The van der Waals surface area contributed by atoms with Gasteiger partial charge in [0, 0.05) is 5.41 Å². The molecule has 0 unspecified atom stereocenters. The van der Waals surface area contributed by atoms with Crippen LogP contribution in [-0.2, 0) is 15.0 Å². The van der Waals surface area contributed by atoms with Crippen LogP contribution in [0.3, 0.4) is 0 Å². The highest BCUT2D eigenvalue weighted by Gasteiger charge is 2.23. The van der Waals surface area contributed by atoms with Gasteiger partial charge in [0.25, 0.3) is 0 Å². The van der Waals surface area contributed by atoms with Crippen molar-refractivity contribution in [3.63, 3.8) is 0 Å². The lowest BCUT2D eigenvalue weighted by Crippen LogP contribution is -2.18. The van der Waals surface area contributed by atoms with Crippen LogP contribution in [0.2, 0.25) is 0 Å². The average molecular weight is 368 g/mol. The molecule has 0 saturated carbocycles. The largest absolute Gasteiger partial charge is 0.478 e. The van der Waals surface area contributed by atoms with Crippen molar-refractivity contribution in [3.05, 3.63) is 84.3 Å². The first-order valence-electron chi connectivity index (χ1n) is 8.12. The van der Waals surface area contributed by atoms with Gasteiger partial charge in [0.15, 0.2) is 0 Å². The Morgan fingerprint density at radius 3 is 1.37 bits per heavy atom. The van der Waals surface area contributed by atoms with Gasteiger partial charge in [-0.15, -0.1) is 0 Å². The molecule has 2 N–H and O–H groups in total. The van der Waals surface area contributed by atoms with Crippen LogP contribution < -0.4 is 9.47 Å². The molecule has 0 heterocycles. The second kappa shape index (κ2) is 8.71. The fraction of sp³-hybridized carbons (Fsp3) is 0.143. The van der Waals surface area contributed by atoms with E-state index in [2.05, 4.69) is 13.8 Å². The number of rotatable bonds is 8. The molecule has 2 rings (SSSR count). The summed E-state index contributed by atoms with van der Waals surface area (Å²) in [4.78, 5) is 20.9. The highest BCUT2D eigenvalue weighted by molar-refractivity contribution is 5.79. The second-order valence-electron chi connectivity index (χ2n) is 6.19. The summed E-state index contributed by atoms with van der Waals surface area (Å²) < 4.78 is 10.5. The first-order valence-corrected chi connectivity index (χ1v) is 8.12. The average Bonchev–Trinajstić information content (AvgIpc) is 2.62. The summed E-state index contributed by atoms with van der Waals surface area (Å²) in [7, 11) is 0. The van der Waals surface area contributed by atoms with Crippen LogP contribution in [0.25, 0.3) is 0 Å². The summed E-state index contributed by atoms with van der Waals surface area (Å²) >= 11 is 0. The van der Waals surface area contributed by atoms with Crippen molar-refractivity contribution in [2.45, 2.75) is 19.3 Å². The molecular formula is C21H20O6. The maximum atomic E-state index is 10.4. The third kappa shape index (κ3) is 5.74. The lowest BCUT2D eigenvalue weighted by atomic mass is 9.78. The van der Waals surface area contributed by atoms with Crippen LogP contribution in [0.15, 0.2) is 73.2 Å². The lowest BCUT2D eigenvalue weighted by Gasteiger charge is -2.26. The molecule has 27 heavy (non-hydrogen) atoms. The van der Waals surface area contributed by atoms with Crippen molar-refractivity contribution in [3.8, 4) is 11.5 Å². The van der Waals surface area contributed by atoms with Gasteiger partial charge < -0.3 is 19.7 Å². The second-order valence-corrected chi connectivity index (χ2v) is 6.19. The number of carboxylic acid groups (broad SMARTS) is 2.